The summed E-state index contributed by atoms with van der Waals surface area (Å²) in [6.07, 6.45) is 2.22. The van der Waals surface area contributed by atoms with Gasteiger partial charge in [-0.25, -0.2) is 0 Å². The maximum absolute atomic E-state index is 12.9. The van der Waals surface area contributed by atoms with Crippen LogP contribution in [0.2, 0.25) is 0 Å². The molecule has 27 heavy (non-hydrogen) atoms. The summed E-state index contributed by atoms with van der Waals surface area (Å²) >= 11 is 0. The Bertz CT molecular complexity index is 657. The molecule has 0 radical (unpaired) electrons. The first kappa shape index (κ1) is 19.7. The van der Waals surface area contributed by atoms with Gasteiger partial charge in [-0.3, -0.25) is 9.59 Å². The molecular weight excluding hydrogens is 338 g/mol. The van der Waals surface area contributed by atoms with E-state index in [1.165, 1.54) is 11.3 Å². The topological polar surface area (TPSA) is 43.9 Å². The van der Waals surface area contributed by atoms with Crippen molar-refractivity contribution in [2.75, 3.05) is 44.2 Å². The lowest BCUT2D eigenvalue weighted by Crippen LogP contribution is -2.52. The second-order valence-corrected chi connectivity index (χ2v) is 8.40. The lowest BCUT2D eigenvalue weighted by Gasteiger charge is -2.39. The van der Waals surface area contributed by atoms with Crippen molar-refractivity contribution in [2.24, 2.45) is 11.8 Å². The van der Waals surface area contributed by atoms with Gasteiger partial charge in [0.1, 0.15) is 0 Å². The molecule has 1 aromatic rings. The molecule has 5 nitrogen and oxygen atoms in total. The predicted molar refractivity (Wildman–Crippen MR) is 109 cm³/mol. The Kier molecular flexibility index (Phi) is 6.40. The minimum Gasteiger partial charge on any atom is -0.368 e. The number of rotatable bonds is 4. The first-order valence-electron chi connectivity index (χ1n) is 10.3. The largest absolute Gasteiger partial charge is 0.368 e. The number of hydrogen-bond acceptors (Lipinski definition) is 3. The zero-order valence-corrected chi connectivity index (χ0v) is 17.0. The third kappa shape index (κ3) is 5.02. The molecule has 2 saturated heterocycles. The molecule has 3 rings (SSSR count). The molecule has 0 aliphatic carbocycles. The second kappa shape index (κ2) is 8.77. The Labute approximate surface area is 163 Å². The van der Waals surface area contributed by atoms with Crippen molar-refractivity contribution in [2.45, 2.75) is 40.0 Å². The number of amides is 2. The first-order chi connectivity index (χ1) is 12.9. The molecule has 2 amide bonds. The minimum atomic E-state index is 0.0821. The van der Waals surface area contributed by atoms with Crippen LogP contribution in [-0.4, -0.2) is 60.9 Å². The van der Waals surface area contributed by atoms with E-state index in [-0.39, 0.29) is 17.7 Å². The quantitative estimate of drug-likeness (QED) is 0.817. The van der Waals surface area contributed by atoms with Gasteiger partial charge in [0.05, 0.1) is 0 Å². The number of anilines is 1. The van der Waals surface area contributed by atoms with Crippen LogP contribution in [-0.2, 0) is 9.59 Å². The summed E-state index contributed by atoms with van der Waals surface area (Å²) in [6, 6.07) is 8.56. The van der Waals surface area contributed by atoms with Crippen molar-refractivity contribution in [3.05, 3.63) is 29.8 Å². The molecule has 148 valence electrons. The van der Waals surface area contributed by atoms with Crippen LogP contribution < -0.4 is 4.90 Å². The van der Waals surface area contributed by atoms with Gasteiger partial charge in [-0.1, -0.05) is 26.0 Å². The van der Waals surface area contributed by atoms with Crippen molar-refractivity contribution in [3.8, 4) is 0 Å². The molecule has 5 heteroatoms. The van der Waals surface area contributed by atoms with Gasteiger partial charge < -0.3 is 14.7 Å². The van der Waals surface area contributed by atoms with Crippen LogP contribution >= 0.6 is 0 Å². The zero-order valence-electron chi connectivity index (χ0n) is 17.0. The van der Waals surface area contributed by atoms with Gasteiger partial charge in [-0.2, -0.15) is 0 Å². The number of nitrogens with zero attached hydrogens (tertiary/aromatic N) is 3. The smallest absolute Gasteiger partial charge is 0.225 e. The van der Waals surface area contributed by atoms with Crippen molar-refractivity contribution in [3.63, 3.8) is 0 Å². The molecule has 2 aliphatic rings. The second-order valence-electron chi connectivity index (χ2n) is 8.40. The van der Waals surface area contributed by atoms with Crippen LogP contribution in [0.3, 0.4) is 0 Å². The van der Waals surface area contributed by atoms with E-state index >= 15 is 0 Å². The predicted octanol–water partition coefficient (Wildman–Crippen LogP) is 2.93. The van der Waals surface area contributed by atoms with Gasteiger partial charge in [-0.05, 0) is 43.4 Å². The number of hydrogen-bond donors (Lipinski definition) is 0. The molecule has 2 fully saturated rings. The number of carbonyl (C=O) groups excluding carboxylic acids is 2. The van der Waals surface area contributed by atoms with Crippen molar-refractivity contribution in [1.82, 2.24) is 9.80 Å². The van der Waals surface area contributed by atoms with Crippen LogP contribution in [0.4, 0.5) is 5.69 Å². The molecule has 0 aromatic heterocycles. The molecule has 2 aliphatic heterocycles. The summed E-state index contributed by atoms with van der Waals surface area (Å²) in [7, 11) is 0. The average molecular weight is 372 g/mol. The number of aryl methyl sites for hydroxylation is 1. The first-order valence-corrected chi connectivity index (χ1v) is 10.3. The monoisotopic (exact) mass is 371 g/mol. The summed E-state index contributed by atoms with van der Waals surface area (Å²) in [4.78, 5) is 31.5. The van der Waals surface area contributed by atoms with Gasteiger partial charge >= 0.3 is 0 Å². The zero-order chi connectivity index (χ0) is 19.4. The molecule has 0 spiro atoms. The van der Waals surface area contributed by atoms with E-state index in [0.717, 1.165) is 52.1 Å². The molecule has 2 heterocycles. The van der Waals surface area contributed by atoms with Crippen molar-refractivity contribution in [1.29, 1.82) is 0 Å². The van der Waals surface area contributed by atoms with E-state index in [9.17, 15) is 9.59 Å². The van der Waals surface area contributed by atoms with E-state index in [1.807, 2.05) is 9.80 Å². The maximum Gasteiger partial charge on any atom is 0.225 e. The van der Waals surface area contributed by atoms with Crippen molar-refractivity contribution < 1.29 is 9.59 Å². The minimum absolute atomic E-state index is 0.0821. The number of likely N-dealkylation sites (tertiary alicyclic amines) is 1. The lowest BCUT2D eigenvalue weighted by molar-refractivity contribution is -0.141. The standard InChI is InChI=1S/C22H33N3O2/c1-17(2)15-21(26)24-9-7-19(8-10-24)22(27)25-13-11-23(12-14-25)20-6-4-5-18(3)16-20/h4-6,16-17,19H,7-15H2,1-3H3. The fourth-order valence-electron chi connectivity index (χ4n) is 4.12. The third-order valence-corrected chi connectivity index (χ3v) is 5.74. The van der Waals surface area contributed by atoms with E-state index in [2.05, 4.69) is 49.9 Å². The molecular formula is C22H33N3O2. The van der Waals surface area contributed by atoms with Crippen LogP contribution in [0.1, 0.15) is 38.7 Å². The normalized spacial score (nSPS) is 18.9. The summed E-state index contributed by atoms with van der Waals surface area (Å²) in [5.74, 6) is 0.998. The van der Waals surface area contributed by atoms with Gasteiger partial charge in [0.2, 0.25) is 11.8 Å². The van der Waals surface area contributed by atoms with E-state index in [1.54, 1.807) is 0 Å². The molecule has 0 atom stereocenters. The number of carbonyl (C=O) groups is 2. The Balaban J connectivity index is 1.47. The SMILES string of the molecule is Cc1cccc(N2CCN(C(=O)C3CCN(C(=O)CC(C)C)CC3)CC2)c1. The maximum atomic E-state index is 12.9. The van der Waals surface area contributed by atoms with Crippen LogP contribution in [0, 0.1) is 18.8 Å². The molecule has 1 aromatic carbocycles. The molecule has 0 N–H and O–H groups in total. The average Bonchev–Trinajstić information content (AvgIpc) is 2.67. The highest BCUT2D eigenvalue weighted by atomic mass is 16.2. The highest BCUT2D eigenvalue weighted by molar-refractivity contribution is 5.80. The Hall–Kier alpha value is -2.04. The Morgan fingerprint density at radius 2 is 1.67 bits per heavy atom. The van der Waals surface area contributed by atoms with Crippen LogP contribution in [0.15, 0.2) is 24.3 Å². The van der Waals surface area contributed by atoms with Crippen LogP contribution in [0.25, 0.3) is 0 Å². The van der Waals surface area contributed by atoms with Gasteiger partial charge in [0.15, 0.2) is 0 Å². The Morgan fingerprint density at radius 1 is 1.00 bits per heavy atom. The molecule has 0 unspecified atom stereocenters. The molecule has 0 bridgehead atoms. The van der Waals surface area contributed by atoms with Crippen LogP contribution in [0.5, 0.6) is 0 Å². The lowest BCUT2D eigenvalue weighted by atomic mass is 9.94. The fourth-order valence-corrected chi connectivity index (χ4v) is 4.12. The van der Waals surface area contributed by atoms with Gasteiger partial charge in [-0.15, -0.1) is 0 Å². The number of piperidine rings is 1. The fraction of sp³-hybridized carbons (Fsp3) is 0.636. The summed E-state index contributed by atoms with van der Waals surface area (Å²) in [6.45, 7) is 11.1. The van der Waals surface area contributed by atoms with E-state index < -0.39 is 0 Å². The van der Waals surface area contributed by atoms with Gasteiger partial charge in [0.25, 0.3) is 0 Å². The number of benzene rings is 1. The summed E-state index contributed by atoms with van der Waals surface area (Å²) in [5, 5.41) is 0. The van der Waals surface area contributed by atoms with Gasteiger partial charge in [0, 0.05) is 57.3 Å². The van der Waals surface area contributed by atoms with Crippen molar-refractivity contribution >= 4 is 17.5 Å². The van der Waals surface area contributed by atoms with E-state index in [4.69, 9.17) is 0 Å². The third-order valence-electron chi connectivity index (χ3n) is 5.74. The summed E-state index contributed by atoms with van der Waals surface area (Å²) in [5.41, 5.74) is 2.52. The van der Waals surface area contributed by atoms with E-state index in [0.29, 0.717) is 12.3 Å². The summed E-state index contributed by atoms with van der Waals surface area (Å²) < 4.78 is 0. The molecule has 0 saturated carbocycles. The number of piperazine rings is 1. The highest BCUT2D eigenvalue weighted by Crippen LogP contribution is 2.23. The Morgan fingerprint density at radius 3 is 2.26 bits per heavy atom. The highest BCUT2D eigenvalue weighted by Gasteiger charge is 2.31.